The first kappa shape index (κ1) is 22.0. The van der Waals surface area contributed by atoms with E-state index in [0.29, 0.717) is 28.0 Å². The highest BCUT2D eigenvalue weighted by Crippen LogP contribution is 2.39. The standard InChI is InChI=1S/C27H29N3O2S/c28-18-19-9-7-8-14-23(19)24-16-15-22(32-24)17-25-26(31)30(21-12-5-2-6-13-21)27(33-25)29-20-10-3-1-4-11-20/h7-9,14-17,20-21H,1-6,10-13H2. The van der Waals surface area contributed by atoms with E-state index in [2.05, 4.69) is 6.07 Å². The number of nitriles is 1. The molecular weight excluding hydrogens is 430 g/mol. The Kier molecular flexibility index (Phi) is 6.68. The maximum absolute atomic E-state index is 13.5. The second-order valence-electron chi connectivity index (χ2n) is 9.14. The predicted molar refractivity (Wildman–Crippen MR) is 132 cm³/mol. The van der Waals surface area contributed by atoms with Gasteiger partial charge in [-0.15, -0.1) is 0 Å². The highest BCUT2D eigenvalue weighted by atomic mass is 32.2. The quantitative estimate of drug-likeness (QED) is 0.474. The van der Waals surface area contributed by atoms with Gasteiger partial charge in [-0.3, -0.25) is 14.7 Å². The first-order chi connectivity index (χ1) is 16.2. The average molecular weight is 460 g/mol. The smallest absolute Gasteiger partial charge is 0.267 e. The van der Waals surface area contributed by atoms with Gasteiger partial charge in [0.05, 0.1) is 22.6 Å². The van der Waals surface area contributed by atoms with Crippen molar-refractivity contribution in [3.63, 3.8) is 0 Å². The van der Waals surface area contributed by atoms with Crippen molar-refractivity contribution in [2.45, 2.75) is 76.3 Å². The third-order valence-electron chi connectivity index (χ3n) is 6.86. The van der Waals surface area contributed by atoms with Crippen molar-refractivity contribution in [1.82, 2.24) is 4.90 Å². The van der Waals surface area contributed by atoms with Crippen LogP contribution in [0.3, 0.4) is 0 Å². The lowest BCUT2D eigenvalue weighted by atomic mass is 9.94. The summed E-state index contributed by atoms with van der Waals surface area (Å²) in [5.41, 5.74) is 1.33. The first-order valence-electron chi connectivity index (χ1n) is 12.1. The van der Waals surface area contributed by atoms with Gasteiger partial charge in [0, 0.05) is 17.7 Å². The van der Waals surface area contributed by atoms with Gasteiger partial charge in [-0.1, -0.05) is 50.7 Å². The number of rotatable bonds is 4. The van der Waals surface area contributed by atoms with Crippen LogP contribution >= 0.6 is 11.8 Å². The molecule has 2 saturated carbocycles. The Balaban J connectivity index is 1.43. The van der Waals surface area contributed by atoms with E-state index in [1.807, 2.05) is 41.3 Å². The van der Waals surface area contributed by atoms with Crippen LogP contribution in [0.4, 0.5) is 0 Å². The number of amidine groups is 1. The molecule has 0 N–H and O–H groups in total. The van der Waals surface area contributed by atoms with Crippen LogP contribution < -0.4 is 0 Å². The molecule has 2 heterocycles. The highest BCUT2D eigenvalue weighted by molar-refractivity contribution is 8.18. The number of furan rings is 1. The molecule has 170 valence electrons. The van der Waals surface area contributed by atoms with Crippen LogP contribution in [0, 0.1) is 11.3 Å². The fourth-order valence-corrected chi connectivity index (χ4v) is 6.19. The van der Waals surface area contributed by atoms with Crippen LogP contribution in [-0.2, 0) is 4.79 Å². The summed E-state index contributed by atoms with van der Waals surface area (Å²) >= 11 is 1.50. The topological polar surface area (TPSA) is 69.6 Å². The van der Waals surface area contributed by atoms with Crippen molar-refractivity contribution in [3.8, 4) is 17.4 Å². The molecule has 0 unspecified atom stereocenters. The van der Waals surface area contributed by atoms with Gasteiger partial charge in [0.1, 0.15) is 11.5 Å². The molecule has 3 aliphatic rings. The van der Waals surface area contributed by atoms with E-state index in [1.165, 1.54) is 50.3 Å². The Labute approximate surface area is 199 Å². The molecular formula is C27H29N3O2S. The molecule has 1 aromatic carbocycles. The van der Waals surface area contributed by atoms with E-state index < -0.39 is 0 Å². The zero-order chi connectivity index (χ0) is 22.6. The van der Waals surface area contributed by atoms with Gasteiger partial charge < -0.3 is 4.42 Å². The number of thioether (sulfide) groups is 1. The molecule has 1 saturated heterocycles. The van der Waals surface area contributed by atoms with Crippen LogP contribution in [0.25, 0.3) is 17.4 Å². The van der Waals surface area contributed by atoms with Gasteiger partial charge in [-0.25, -0.2) is 0 Å². The summed E-state index contributed by atoms with van der Waals surface area (Å²) in [4.78, 5) is 21.3. The number of carbonyl (C=O) groups excluding carboxylic acids is 1. The molecule has 0 radical (unpaired) electrons. The fraction of sp³-hybridized carbons (Fsp3) is 0.444. The largest absolute Gasteiger partial charge is 0.457 e. The first-order valence-corrected chi connectivity index (χ1v) is 12.9. The van der Waals surface area contributed by atoms with Crippen molar-refractivity contribution < 1.29 is 9.21 Å². The molecule has 5 nitrogen and oxygen atoms in total. The summed E-state index contributed by atoms with van der Waals surface area (Å²) in [5.74, 6) is 1.31. The summed E-state index contributed by atoms with van der Waals surface area (Å²) in [5, 5.41) is 10.3. The number of benzene rings is 1. The highest BCUT2D eigenvalue weighted by Gasteiger charge is 2.39. The van der Waals surface area contributed by atoms with E-state index >= 15 is 0 Å². The van der Waals surface area contributed by atoms with Crippen LogP contribution in [0.1, 0.15) is 75.5 Å². The van der Waals surface area contributed by atoms with E-state index in [0.717, 1.165) is 36.4 Å². The molecule has 3 fully saturated rings. The summed E-state index contributed by atoms with van der Waals surface area (Å²) in [6, 6.07) is 13.9. The zero-order valence-electron chi connectivity index (χ0n) is 18.8. The Morgan fingerprint density at radius 1 is 1.00 bits per heavy atom. The second-order valence-corrected chi connectivity index (χ2v) is 10.1. The normalized spacial score (nSPS) is 22.9. The van der Waals surface area contributed by atoms with Crippen LogP contribution in [0.15, 0.2) is 50.7 Å². The lowest BCUT2D eigenvalue weighted by Gasteiger charge is -2.31. The van der Waals surface area contributed by atoms with Crippen LogP contribution in [0.2, 0.25) is 0 Å². The van der Waals surface area contributed by atoms with Gasteiger partial charge in [-0.2, -0.15) is 5.26 Å². The molecule has 33 heavy (non-hydrogen) atoms. The van der Waals surface area contributed by atoms with Gasteiger partial charge in [0.2, 0.25) is 0 Å². The third-order valence-corrected chi connectivity index (χ3v) is 7.85. The van der Waals surface area contributed by atoms with Crippen molar-refractivity contribution in [2.75, 3.05) is 0 Å². The maximum Gasteiger partial charge on any atom is 0.267 e. The monoisotopic (exact) mass is 459 g/mol. The number of carbonyl (C=O) groups is 1. The Bertz CT molecular complexity index is 1110. The van der Waals surface area contributed by atoms with Gasteiger partial charge >= 0.3 is 0 Å². The Morgan fingerprint density at radius 2 is 1.73 bits per heavy atom. The lowest BCUT2D eigenvalue weighted by molar-refractivity contribution is -0.124. The predicted octanol–water partition coefficient (Wildman–Crippen LogP) is 6.76. The summed E-state index contributed by atoms with van der Waals surface area (Å²) in [6.45, 7) is 0. The van der Waals surface area contributed by atoms with Crippen molar-refractivity contribution >= 4 is 28.9 Å². The summed E-state index contributed by atoms with van der Waals surface area (Å²) < 4.78 is 6.04. The maximum atomic E-state index is 13.5. The second kappa shape index (κ2) is 10.0. The molecule has 0 bridgehead atoms. The SMILES string of the molecule is N#Cc1ccccc1-c1ccc(C=C2SC(=NC3CCCCC3)N(C3CCCCC3)C2=O)o1. The Hall–Kier alpha value is -2.78. The number of hydrogen-bond donors (Lipinski definition) is 0. The summed E-state index contributed by atoms with van der Waals surface area (Å²) in [6.07, 6.45) is 13.5. The van der Waals surface area contributed by atoms with Gasteiger partial charge in [0.15, 0.2) is 5.17 Å². The zero-order valence-corrected chi connectivity index (χ0v) is 19.7. The number of amides is 1. The fourth-order valence-electron chi connectivity index (χ4n) is 5.10. The minimum atomic E-state index is 0.0526. The average Bonchev–Trinajstić information content (AvgIpc) is 3.45. The molecule has 5 rings (SSSR count). The van der Waals surface area contributed by atoms with E-state index in [-0.39, 0.29) is 11.9 Å². The third kappa shape index (κ3) is 4.79. The molecule has 2 aromatic rings. The minimum Gasteiger partial charge on any atom is -0.457 e. The van der Waals surface area contributed by atoms with Crippen LogP contribution in [0.5, 0.6) is 0 Å². The molecule has 2 aliphatic carbocycles. The molecule has 1 aliphatic heterocycles. The summed E-state index contributed by atoms with van der Waals surface area (Å²) in [7, 11) is 0. The minimum absolute atomic E-state index is 0.0526. The molecule has 1 aromatic heterocycles. The van der Waals surface area contributed by atoms with E-state index in [1.54, 1.807) is 6.07 Å². The van der Waals surface area contributed by atoms with Crippen molar-refractivity contribution in [1.29, 1.82) is 5.26 Å². The molecule has 0 atom stereocenters. The Morgan fingerprint density at radius 3 is 2.48 bits per heavy atom. The van der Waals surface area contributed by atoms with Crippen molar-refractivity contribution in [2.24, 2.45) is 4.99 Å². The van der Waals surface area contributed by atoms with Crippen molar-refractivity contribution in [3.05, 3.63) is 52.6 Å². The number of aliphatic imine (C=N–C) groups is 1. The molecule has 6 heteroatoms. The number of nitrogens with zero attached hydrogens (tertiary/aromatic N) is 3. The molecule has 0 spiro atoms. The number of hydrogen-bond acceptors (Lipinski definition) is 5. The lowest BCUT2D eigenvalue weighted by Crippen LogP contribution is -2.41. The van der Waals surface area contributed by atoms with E-state index in [4.69, 9.17) is 9.41 Å². The van der Waals surface area contributed by atoms with Crippen LogP contribution in [-0.4, -0.2) is 28.1 Å². The van der Waals surface area contributed by atoms with E-state index in [9.17, 15) is 10.1 Å². The molecule has 1 amide bonds. The van der Waals surface area contributed by atoms with Gasteiger partial charge in [0.25, 0.3) is 5.91 Å². The van der Waals surface area contributed by atoms with Gasteiger partial charge in [-0.05, 0) is 61.7 Å².